The molecular formula is C17H13FN2O3S. The molecule has 1 N–H and O–H groups in total. The Hall–Kier alpha value is -2.54. The highest BCUT2D eigenvalue weighted by Crippen LogP contribution is 2.33. The highest BCUT2D eigenvalue weighted by Gasteiger charge is 2.19. The summed E-state index contributed by atoms with van der Waals surface area (Å²) in [6.45, 7) is 0.155. The number of nitrogens with zero attached hydrogens (tertiary/aromatic N) is 1. The van der Waals surface area contributed by atoms with Gasteiger partial charge < -0.3 is 9.47 Å². The zero-order valence-corrected chi connectivity index (χ0v) is 13.4. The minimum atomic E-state index is -0.350. The van der Waals surface area contributed by atoms with Gasteiger partial charge in [-0.1, -0.05) is 0 Å². The fraction of sp³-hybridized carbons (Fsp3) is 0.176. The summed E-state index contributed by atoms with van der Waals surface area (Å²) in [6, 6.07) is 9.57. The largest absolute Gasteiger partial charge is 0.454 e. The van der Waals surface area contributed by atoms with E-state index in [1.807, 2.05) is 0 Å². The van der Waals surface area contributed by atoms with E-state index in [2.05, 4.69) is 10.5 Å². The summed E-state index contributed by atoms with van der Waals surface area (Å²) in [6.07, 6.45) is 0.669. The van der Waals surface area contributed by atoms with E-state index in [4.69, 9.17) is 9.47 Å². The smallest absolute Gasteiger partial charge is 0.271 e. The maximum atomic E-state index is 13.5. The second-order valence-corrected chi connectivity index (χ2v) is 6.44. The molecule has 4 rings (SSSR count). The molecule has 7 heteroatoms. The number of hydrazone groups is 1. The van der Waals surface area contributed by atoms with Gasteiger partial charge in [-0.15, -0.1) is 11.8 Å². The summed E-state index contributed by atoms with van der Waals surface area (Å²) in [5.74, 6) is 1.34. The van der Waals surface area contributed by atoms with Gasteiger partial charge in [0.1, 0.15) is 5.82 Å². The topological polar surface area (TPSA) is 59.9 Å². The molecule has 2 aliphatic heterocycles. The van der Waals surface area contributed by atoms with E-state index in [-0.39, 0.29) is 18.5 Å². The number of amides is 1. The van der Waals surface area contributed by atoms with E-state index in [0.717, 1.165) is 16.2 Å². The number of carbonyl (C=O) groups is 1. The summed E-state index contributed by atoms with van der Waals surface area (Å²) < 4.78 is 24.0. The summed E-state index contributed by atoms with van der Waals surface area (Å²) >= 11 is 1.65. The average molecular weight is 344 g/mol. The van der Waals surface area contributed by atoms with Gasteiger partial charge in [0.15, 0.2) is 11.5 Å². The van der Waals surface area contributed by atoms with Crippen molar-refractivity contribution in [2.45, 2.75) is 11.3 Å². The molecule has 0 saturated heterocycles. The van der Waals surface area contributed by atoms with E-state index in [1.54, 1.807) is 36.0 Å². The average Bonchev–Trinajstić information content (AvgIpc) is 3.07. The highest BCUT2D eigenvalue weighted by atomic mass is 32.2. The van der Waals surface area contributed by atoms with Crippen LogP contribution in [-0.4, -0.2) is 24.2 Å². The maximum Gasteiger partial charge on any atom is 0.271 e. The Labute approximate surface area is 141 Å². The number of nitrogens with one attached hydrogen (secondary N) is 1. The fourth-order valence-corrected chi connectivity index (χ4v) is 3.59. The number of ether oxygens (including phenoxy) is 2. The van der Waals surface area contributed by atoms with Crippen molar-refractivity contribution in [2.24, 2.45) is 5.10 Å². The van der Waals surface area contributed by atoms with Gasteiger partial charge in [-0.2, -0.15) is 5.10 Å². The molecule has 122 valence electrons. The van der Waals surface area contributed by atoms with Crippen LogP contribution in [0.2, 0.25) is 0 Å². The summed E-state index contributed by atoms with van der Waals surface area (Å²) in [7, 11) is 0. The molecule has 0 aliphatic carbocycles. The molecule has 0 radical (unpaired) electrons. The molecule has 0 aromatic heterocycles. The Morgan fingerprint density at radius 1 is 1.17 bits per heavy atom. The van der Waals surface area contributed by atoms with Gasteiger partial charge in [-0.05, 0) is 36.4 Å². The van der Waals surface area contributed by atoms with Crippen molar-refractivity contribution in [3.8, 4) is 11.5 Å². The van der Waals surface area contributed by atoms with E-state index in [1.165, 1.54) is 12.1 Å². The molecule has 0 unspecified atom stereocenters. The first-order valence-corrected chi connectivity index (χ1v) is 8.38. The zero-order valence-electron chi connectivity index (χ0n) is 12.5. The number of hydrogen-bond acceptors (Lipinski definition) is 5. The van der Waals surface area contributed by atoms with Crippen LogP contribution in [0.4, 0.5) is 4.39 Å². The van der Waals surface area contributed by atoms with Gasteiger partial charge in [-0.25, -0.2) is 9.82 Å². The summed E-state index contributed by atoms with van der Waals surface area (Å²) in [5, 5.41) is 4.20. The van der Waals surface area contributed by atoms with Gasteiger partial charge in [0.2, 0.25) is 6.79 Å². The molecule has 24 heavy (non-hydrogen) atoms. The summed E-state index contributed by atoms with van der Waals surface area (Å²) in [5.41, 5.74) is 4.38. The first-order valence-electron chi connectivity index (χ1n) is 7.40. The summed E-state index contributed by atoms with van der Waals surface area (Å²) in [4.78, 5) is 13.2. The monoisotopic (exact) mass is 344 g/mol. The lowest BCUT2D eigenvalue weighted by Crippen LogP contribution is -2.21. The molecule has 0 fully saturated rings. The third-order valence-electron chi connectivity index (χ3n) is 3.78. The molecular weight excluding hydrogens is 331 g/mol. The number of hydrogen-bond donors (Lipinski definition) is 1. The van der Waals surface area contributed by atoms with E-state index >= 15 is 0 Å². The molecule has 2 aromatic rings. The van der Waals surface area contributed by atoms with Crippen LogP contribution in [-0.2, 0) is 0 Å². The van der Waals surface area contributed by atoms with Crippen LogP contribution in [0.1, 0.15) is 22.3 Å². The molecule has 5 nitrogen and oxygen atoms in total. The van der Waals surface area contributed by atoms with Gasteiger partial charge >= 0.3 is 0 Å². The third-order valence-corrected chi connectivity index (χ3v) is 4.85. The minimum absolute atomic E-state index is 0.155. The predicted molar refractivity (Wildman–Crippen MR) is 88.3 cm³/mol. The van der Waals surface area contributed by atoms with Crippen molar-refractivity contribution in [3.05, 3.63) is 53.3 Å². The Bertz CT molecular complexity index is 854. The quantitative estimate of drug-likeness (QED) is 0.850. The number of rotatable bonds is 2. The molecule has 2 aromatic carbocycles. The minimum Gasteiger partial charge on any atom is -0.454 e. The van der Waals surface area contributed by atoms with Crippen molar-refractivity contribution in [1.29, 1.82) is 0 Å². The number of fused-ring (bicyclic) bond motifs is 2. The molecule has 1 amide bonds. The molecule has 0 spiro atoms. The number of benzene rings is 2. The maximum absolute atomic E-state index is 13.5. The standard InChI is InChI=1S/C17H13FN2O3S/c18-11-2-4-16-12(8-11)13(5-6-24-16)19-20-17(21)10-1-3-14-15(7-10)23-9-22-14/h1-4,7-8H,5-6,9H2,(H,20,21). The molecule has 0 bridgehead atoms. The second kappa shape index (κ2) is 6.16. The molecule has 2 aliphatic rings. The molecule has 0 atom stereocenters. The van der Waals surface area contributed by atoms with Crippen LogP contribution in [0, 0.1) is 5.82 Å². The van der Waals surface area contributed by atoms with E-state index < -0.39 is 0 Å². The van der Waals surface area contributed by atoms with Crippen LogP contribution < -0.4 is 14.9 Å². The number of halogens is 1. The Morgan fingerprint density at radius 2 is 2.04 bits per heavy atom. The van der Waals surface area contributed by atoms with Crippen LogP contribution in [0.5, 0.6) is 11.5 Å². The van der Waals surface area contributed by atoms with Crippen LogP contribution in [0.25, 0.3) is 0 Å². The van der Waals surface area contributed by atoms with Crippen LogP contribution >= 0.6 is 11.8 Å². The lowest BCUT2D eigenvalue weighted by atomic mass is 10.1. The second-order valence-electron chi connectivity index (χ2n) is 5.31. The van der Waals surface area contributed by atoms with Gasteiger partial charge in [-0.3, -0.25) is 4.79 Å². The van der Waals surface area contributed by atoms with Gasteiger partial charge in [0.05, 0.1) is 5.71 Å². The third kappa shape index (κ3) is 2.82. The lowest BCUT2D eigenvalue weighted by molar-refractivity contribution is 0.0954. The van der Waals surface area contributed by atoms with Crippen molar-refractivity contribution >= 4 is 23.4 Å². The van der Waals surface area contributed by atoms with E-state index in [9.17, 15) is 9.18 Å². The van der Waals surface area contributed by atoms with Crippen LogP contribution in [0.3, 0.4) is 0 Å². The predicted octanol–water partition coefficient (Wildman–Crippen LogP) is 3.18. The highest BCUT2D eigenvalue weighted by molar-refractivity contribution is 7.99. The van der Waals surface area contributed by atoms with Crippen molar-refractivity contribution in [1.82, 2.24) is 5.43 Å². The van der Waals surface area contributed by atoms with Crippen molar-refractivity contribution in [3.63, 3.8) is 0 Å². The number of carbonyl (C=O) groups excluding carboxylic acids is 1. The van der Waals surface area contributed by atoms with Gasteiger partial charge in [0.25, 0.3) is 5.91 Å². The Balaban J connectivity index is 1.55. The van der Waals surface area contributed by atoms with E-state index in [0.29, 0.717) is 29.2 Å². The van der Waals surface area contributed by atoms with Crippen molar-refractivity contribution < 1.29 is 18.7 Å². The lowest BCUT2D eigenvalue weighted by Gasteiger charge is -2.17. The molecule has 2 heterocycles. The first-order chi connectivity index (χ1) is 11.7. The zero-order chi connectivity index (χ0) is 16.5. The SMILES string of the molecule is O=C(NN=C1CCSc2ccc(F)cc21)c1ccc2c(c1)OCO2. The Morgan fingerprint density at radius 3 is 2.96 bits per heavy atom. The van der Waals surface area contributed by atoms with Crippen molar-refractivity contribution in [2.75, 3.05) is 12.5 Å². The fourth-order valence-electron chi connectivity index (χ4n) is 2.58. The van der Waals surface area contributed by atoms with Gasteiger partial charge in [0, 0.05) is 28.2 Å². The van der Waals surface area contributed by atoms with Crippen LogP contribution in [0.15, 0.2) is 46.4 Å². The first kappa shape index (κ1) is 15.0. The normalized spacial score (nSPS) is 16.8. The molecule has 0 saturated carbocycles. The number of thioether (sulfide) groups is 1. The Kier molecular flexibility index (Phi) is 3.86.